The molecule has 1 amide bonds. The number of nitrogens with one attached hydrogen (secondary N) is 1. The molecule has 1 heterocycles. The van der Waals surface area contributed by atoms with Gasteiger partial charge in [0, 0.05) is 17.7 Å². The van der Waals surface area contributed by atoms with Crippen molar-refractivity contribution in [3.05, 3.63) is 83.2 Å². The summed E-state index contributed by atoms with van der Waals surface area (Å²) in [4.78, 5) is 16.3. The van der Waals surface area contributed by atoms with Crippen LogP contribution < -0.4 is 11.1 Å². The van der Waals surface area contributed by atoms with Crippen LogP contribution in [0.4, 0.5) is 10.5 Å². The van der Waals surface area contributed by atoms with Crippen molar-refractivity contribution < 1.29 is 9.53 Å². The third-order valence-corrected chi connectivity index (χ3v) is 5.02. The fraction of sp³-hybridized carbons (Fsp3) is 0.167. The fourth-order valence-electron chi connectivity index (χ4n) is 3.53. The number of carbonyl (C=O) groups excluding carboxylic acids is 1. The second-order valence-corrected chi connectivity index (χ2v) is 6.88. The minimum Gasteiger partial charge on any atom is -0.449 e. The van der Waals surface area contributed by atoms with E-state index < -0.39 is 6.09 Å². The number of nitrogen functional groups attached to an aromatic ring is 1. The van der Waals surface area contributed by atoms with E-state index in [1.807, 2.05) is 31.2 Å². The van der Waals surface area contributed by atoms with Crippen LogP contribution in [-0.4, -0.2) is 24.2 Å². The summed E-state index contributed by atoms with van der Waals surface area (Å²) in [6.07, 6.45) is 1.18. The number of pyridine rings is 1. The topological polar surface area (TPSA) is 77.2 Å². The lowest BCUT2D eigenvalue weighted by molar-refractivity contribution is 0.144. The van der Waals surface area contributed by atoms with Crippen LogP contribution in [0.25, 0.3) is 11.1 Å². The van der Waals surface area contributed by atoms with E-state index in [0.29, 0.717) is 11.3 Å². The minimum atomic E-state index is -0.484. The standard InChI is InChI=1S/C24H21N3O2/c1-16-23(25)13-17(14-27-16)7-6-12-26-24(28)29-15-22-20-10-4-2-8-18(20)19-9-3-5-11-21(19)22/h2-5,8-11,13-14,22H,12,15,25H2,1H3,(H,26,28). The Hall–Kier alpha value is -3.78. The molecule has 0 fully saturated rings. The van der Waals surface area contributed by atoms with E-state index in [9.17, 15) is 4.79 Å². The van der Waals surface area contributed by atoms with Crippen molar-refractivity contribution in [3.63, 3.8) is 0 Å². The number of alkyl carbamates (subject to hydrolysis) is 1. The van der Waals surface area contributed by atoms with E-state index in [1.165, 1.54) is 22.3 Å². The number of ether oxygens (including phenoxy) is 1. The Bertz CT molecular complexity index is 1080. The van der Waals surface area contributed by atoms with Gasteiger partial charge in [-0.3, -0.25) is 4.98 Å². The summed E-state index contributed by atoms with van der Waals surface area (Å²) < 4.78 is 5.48. The lowest BCUT2D eigenvalue weighted by atomic mass is 9.98. The average molecular weight is 383 g/mol. The quantitative estimate of drug-likeness (QED) is 0.673. The molecule has 5 heteroatoms. The number of rotatable bonds is 3. The number of anilines is 1. The van der Waals surface area contributed by atoms with Gasteiger partial charge in [0.1, 0.15) is 6.61 Å². The van der Waals surface area contributed by atoms with Gasteiger partial charge in [-0.05, 0) is 35.2 Å². The van der Waals surface area contributed by atoms with Gasteiger partial charge in [0.05, 0.1) is 17.9 Å². The number of hydrogen-bond acceptors (Lipinski definition) is 4. The number of carbonyl (C=O) groups is 1. The SMILES string of the molecule is Cc1ncc(C#CCNC(=O)OCC2c3ccccc3-c3ccccc32)cc1N. The zero-order valence-corrected chi connectivity index (χ0v) is 16.1. The van der Waals surface area contributed by atoms with Gasteiger partial charge in [-0.25, -0.2) is 4.79 Å². The first-order valence-electron chi connectivity index (χ1n) is 9.43. The van der Waals surface area contributed by atoms with Crippen molar-refractivity contribution in [2.24, 2.45) is 0 Å². The zero-order valence-electron chi connectivity index (χ0n) is 16.1. The van der Waals surface area contributed by atoms with Crippen molar-refractivity contribution in [3.8, 4) is 23.0 Å². The molecule has 0 unspecified atom stereocenters. The highest BCUT2D eigenvalue weighted by Crippen LogP contribution is 2.44. The molecule has 3 N–H and O–H groups in total. The van der Waals surface area contributed by atoms with Crippen LogP contribution in [-0.2, 0) is 4.74 Å². The largest absolute Gasteiger partial charge is 0.449 e. The highest BCUT2D eigenvalue weighted by Gasteiger charge is 2.28. The van der Waals surface area contributed by atoms with Crippen LogP contribution in [0.15, 0.2) is 60.8 Å². The molecule has 2 aromatic carbocycles. The number of nitrogens with zero attached hydrogens (tertiary/aromatic N) is 1. The molecule has 29 heavy (non-hydrogen) atoms. The molecule has 0 radical (unpaired) electrons. The molecule has 0 spiro atoms. The first-order valence-corrected chi connectivity index (χ1v) is 9.43. The average Bonchev–Trinajstić information content (AvgIpc) is 3.06. The molecule has 0 bridgehead atoms. The maximum absolute atomic E-state index is 12.1. The molecule has 1 aliphatic carbocycles. The highest BCUT2D eigenvalue weighted by molar-refractivity contribution is 5.79. The molecule has 0 saturated carbocycles. The molecule has 144 valence electrons. The summed E-state index contributed by atoms with van der Waals surface area (Å²) in [5, 5.41) is 2.66. The summed E-state index contributed by atoms with van der Waals surface area (Å²) in [5.74, 6) is 5.85. The molecule has 5 nitrogen and oxygen atoms in total. The van der Waals surface area contributed by atoms with Gasteiger partial charge in [0.15, 0.2) is 0 Å². The van der Waals surface area contributed by atoms with Crippen LogP contribution in [0.1, 0.15) is 28.3 Å². The lowest BCUT2D eigenvalue weighted by Gasteiger charge is -2.14. The summed E-state index contributed by atoms with van der Waals surface area (Å²) in [7, 11) is 0. The van der Waals surface area contributed by atoms with E-state index in [-0.39, 0.29) is 19.1 Å². The Labute approximate surface area is 169 Å². The molecular weight excluding hydrogens is 362 g/mol. The molecule has 1 aromatic heterocycles. The fourth-order valence-corrected chi connectivity index (χ4v) is 3.53. The monoisotopic (exact) mass is 383 g/mol. The second-order valence-electron chi connectivity index (χ2n) is 6.88. The van der Waals surface area contributed by atoms with Crippen molar-refractivity contribution >= 4 is 11.8 Å². The zero-order chi connectivity index (χ0) is 20.2. The number of amides is 1. The Morgan fingerprint density at radius 2 is 1.79 bits per heavy atom. The van der Waals surface area contributed by atoms with Gasteiger partial charge in [0.25, 0.3) is 0 Å². The van der Waals surface area contributed by atoms with Crippen LogP contribution in [0.3, 0.4) is 0 Å². The van der Waals surface area contributed by atoms with Gasteiger partial charge in [-0.2, -0.15) is 0 Å². The predicted molar refractivity (Wildman–Crippen MR) is 113 cm³/mol. The smallest absolute Gasteiger partial charge is 0.407 e. The molecule has 1 aliphatic rings. The number of benzene rings is 2. The Balaban J connectivity index is 1.35. The molecule has 0 aliphatic heterocycles. The first-order chi connectivity index (χ1) is 14.1. The molecule has 0 atom stereocenters. The molecule has 0 saturated heterocycles. The van der Waals surface area contributed by atoms with Gasteiger partial charge in [-0.1, -0.05) is 60.4 Å². The molecule has 4 rings (SSSR count). The van der Waals surface area contributed by atoms with Gasteiger partial charge in [0.2, 0.25) is 0 Å². The lowest BCUT2D eigenvalue weighted by Crippen LogP contribution is -2.26. The Kier molecular flexibility index (Phi) is 5.17. The van der Waals surface area contributed by atoms with Crippen molar-refractivity contribution in [2.45, 2.75) is 12.8 Å². The minimum absolute atomic E-state index is 0.0424. The molecule has 3 aromatic rings. The molecular formula is C24H21N3O2. The Morgan fingerprint density at radius 1 is 1.14 bits per heavy atom. The second kappa shape index (κ2) is 8.07. The number of hydrogen-bond donors (Lipinski definition) is 2. The normalized spacial score (nSPS) is 11.8. The van der Waals surface area contributed by atoms with Crippen LogP contribution in [0.5, 0.6) is 0 Å². The number of aromatic nitrogens is 1. The summed E-state index contributed by atoms with van der Waals surface area (Å²) in [5.41, 5.74) is 12.7. The summed E-state index contributed by atoms with van der Waals surface area (Å²) >= 11 is 0. The van der Waals surface area contributed by atoms with Crippen molar-refractivity contribution in [1.29, 1.82) is 0 Å². The highest BCUT2D eigenvalue weighted by atomic mass is 16.5. The van der Waals surface area contributed by atoms with Gasteiger partial charge >= 0.3 is 6.09 Å². The number of fused-ring (bicyclic) bond motifs is 3. The van der Waals surface area contributed by atoms with E-state index >= 15 is 0 Å². The van der Waals surface area contributed by atoms with Crippen LogP contribution >= 0.6 is 0 Å². The van der Waals surface area contributed by atoms with E-state index in [0.717, 1.165) is 5.69 Å². The van der Waals surface area contributed by atoms with E-state index in [1.54, 1.807) is 12.3 Å². The van der Waals surface area contributed by atoms with Gasteiger partial charge in [-0.15, -0.1) is 0 Å². The third kappa shape index (κ3) is 3.92. The first kappa shape index (κ1) is 18.6. The maximum Gasteiger partial charge on any atom is 0.407 e. The summed E-state index contributed by atoms with van der Waals surface area (Å²) in [6.45, 7) is 2.31. The van der Waals surface area contributed by atoms with Crippen molar-refractivity contribution in [1.82, 2.24) is 10.3 Å². The summed E-state index contributed by atoms with van der Waals surface area (Å²) in [6, 6.07) is 18.3. The van der Waals surface area contributed by atoms with Crippen LogP contribution in [0, 0.1) is 18.8 Å². The van der Waals surface area contributed by atoms with E-state index in [2.05, 4.69) is 46.4 Å². The number of aryl methyl sites for hydroxylation is 1. The van der Waals surface area contributed by atoms with Crippen LogP contribution in [0.2, 0.25) is 0 Å². The third-order valence-electron chi connectivity index (χ3n) is 5.02. The maximum atomic E-state index is 12.1. The van der Waals surface area contributed by atoms with Gasteiger partial charge < -0.3 is 15.8 Å². The predicted octanol–water partition coefficient (Wildman–Crippen LogP) is 3.86. The number of nitrogens with two attached hydrogens (primary N) is 1. The van der Waals surface area contributed by atoms with E-state index in [4.69, 9.17) is 10.5 Å². The van der Waals surface area contributed by atoms with Crippen molar-refractivity contribution in [2.75, 3.05) is 18.9 Å². The Morgan fingerprint density at radius 3 is 2.45 bits per heavy atom.